The SMILES string of the molecule is Cc1c(CCON=CC(=O)O)c2cc(OCc3nc4ccccc4s3)ccc2n1C(=O)OC(C)(C)C. The van der Waals surface area contributed by atoms with Crippen LogP contribution in [-0.4, -0.2) is 45.1 Å². The number of ether oxygens (including phenoxy) is 2. The molecule has 4 aromatic rings. The number of aromatic nitrogens is 2. The summed E-state index contributed by atoms with van der Waals surface area (Å²) in [5.74, 6) is -0.559. The van der Waals surface area contributed by atoms with Crippen molar-refractivity contribution in [2.45, 2.75) is 46.3 Å². The molecule has 0 amide bonds. The van der Waals surface area contributed by atoms with Gasteiger partial charge >= 0.3 is 12.1 Å². The van der Waals surface area contributed by atoms with Crippen LogP contribution in [0.25, 0.3) is 21.1 Å². The summed E-state index contributed by atoms with van der Waals surface area (Å²) in [7, 11) is 0. The molecule has 0 unspecified atom stereocenters. The number of para-hydroxylation sites is 1. The van der Waals surface area contributed by atoms with Crippen LogP contribution in [0, 0.1) is 6.92 Å². The predicted octanol–water partition coefficient (Wildman–Crippen LogP) is 5.55. The zero-order chi connectivity index (χ0) is 25.9. The van der Waals surface area contributed by atoms with E-state index in [9.17, 15) is 9.59 Å². The Morgan fingerprint density at radius 3 is 2.69 bits per heavy atom. The highest BCUT2D eigenvalue weighted by atomic mass is 32.1. The molecule has 2 aromatic heterocycles. The number of carboxylic acids is 1. The highest BCUT2D eigenvalue weighted by Gasteiger charge is 2.24. The van der Waals surface area contributed by atoms with Crippen molar-refractivity contribution in [2.24, 2.45) is 5.16 Å². The van der Waals surface area contributed by atoms with Gasteiger partial charge in [0.25, 0.3) is 0 Å². The maximum Gasteiger partial charge on any atom is 0.419 e. The number of carboxylic acid groups (broad SMARTS) is 1. The number of carbonyl (C=O) groups is 2. The Balaban J connectivity index is 1.62. The maximum absolute atomic E-state index is 13.0. The number of nitrogens with zero attached hydrogens (tertiary/aromatic N) is 3. The summed E-state index contributed by atoms with van der Waals surface area (Å²) in [6, 6.07) is 13.5. The van der Waals surface area contributed by atoms with E-state index in [-0.39, 0.29) is 6.61 Å². The minimum Gasteiger partial charge on any atom is -0.486 e. The van der Waals surface area contributed by atoms with Crippen LogP contribution in [0.4, 0.5) is 4.79 Å². The van der Waals surface area contributed by atoms with Gasteiger partial charge in [0.1, 0.15) is 29.6 Å². The number of oxime groups is 1. The average Bonchev–Trinajstić information content (AvgIpc) is 3.34. The summed E-state index contributed by atoms with van der Waals surface area (Å²) in [5.41, 5.74) is 2.52. The molecule has 36 heavy (non-hydrogen) atoms. The third kappa shape index (κ3) is 5.83. The molecule has 0 aliphatic rings. The van der Waals surface area contributed by atoms with Gasteiger partial charge < -0.3 is 19.4 Å². The molecule has 1 N–H and O–H groups in total. The fourth-order valence-corrected chi connectivity index (χ4v) is 4.70. The molecule has 9 nitrogen and oxygen atoms in total. The topological polar surface area (TPSA) is 112 Å². The molecule has 4 rings (SSSR count). The Bertz CT molecular complexity index is 1410. The highest BCUT2D eigenvalue weighted by Crippen LogP contribution is 2.31. The smallest absolute Gasteiger partial charge is 0.419 e. The van der Waals surface area contributed by atoms with Crippen LogP contribution in [0.3, 0.4) is 0 Å². The third-order valence-corrected chi connectivity index (χ3v) is 6.27. The molecule has 2 heterocycles. The minimum absolute atomic E-state index is 0.134. The Labute approximate surface area is 211 Å². The van der Waals surface area contributed by atoms with Crippen molar-refractivity contribution in [3.05, 3.63) is 58.7 Å². The zero-order valence-corrected chi connectivity index (χ0v) is 21.3. The van der Waals surface area contributed by atoms with E-state index in [1.165, 1.54) is 4.57 Å². The fraction of sp³-hybridized carbons (Fsp3) is 0.308. The molecule has 0 saturated carbocycles. The van der Waals surface area contributed by atoms with Crippen LogP contribution in [0.1, 0.15) is 37.0 Å². The molecule has 0 aliphatic carbocycles. The van der Waals surface area contributed by atoms with E-state index >= 15 is 0 Å². The molecule has 2 aromatic carbocycles. The number of hydrogen-bond acceptors (Lipinski definition) is 8. The molecule has 0 saturated heterocycles. The number of hydrogen-bond donors (Lipinski definition) is 1. The molecule has 10 heteroatoms. The van der Waals surface area contributed by atoms with Crippen LogP contribution in [0.2, 0.25) is 0 Å². The molecule has 0 atom stereocenters. The van der Waals surface area contributed by atoms with E-state index in [2.05, 4.69) is 10.1 Å². The second kappa shape index (κ2) is 10.4. The van der Waals surface area contributed by atoms with Gasteiger partial charge in [0.2, 0.25) is 0 Å². The van der Waals surface area contributed by atoms with Crippen molar-refractivity contribution in [2.75, 3.05) is 6.61 Å². The monoisotopic (exact) mass is 509 g/mol. The lowest BCUT2D eigenvalue weighted by molar-refractivity contribution is -0.129. The summed E-state index contributed by atoms with van der Waals surface area (Å²) >= 11 is 1.58. The first kappa shape index (κ1) is 25.2. The van der Waals surface area contributed by atoms with Gasteiger partial charge in [0.05, 0.1) is 15.7 Å². The van der Waals surface area contributed by atoms with Crippen molar-refractivity contribution in [1.82, 2.24) is 9.55 Å². The van der Waals surface area contributed by atoms with Gasteiger partial charge in [-0.05, 0) is 63.6 Å². The predicted molar refractivity (Wildman–Crippen MR) is 138 cm³/mol. The molecular formula is C26H27N3O6S. The minimum atomic E-state index is -1.19. The number of fused-ring (bicyclic) bond motifs is 2. The molecule has 0 radical (unpaired) electrons. The first-order valence-corrected chi connectivity index (χ1v) is 12.2. The molecule has 0 spiro atoms. The second-order valence-electron chi connectivity index (χ2n) is 9.08. The lowest BCUT2D eigenvalue weighted by Gasteiger charge is -2.20. The molecule has 0 bridgehead atoms. The van der Waals surface area contributed by atoms with Crippen molar-refractivity contribution in [1.29, 1.82) is 0 Å². The number of benzene rings is 2. The zero-order valence-electron chi connectivity index (χ0n) is 20.5. The van der Waals surface area contributed by atoms with Gasteiger partial charge in [-0.25, -0.2) is 19.1 Å². The Kier molecular flexibility index (Phi) is 7.25. The first-order valence-electron chi connectivity index (χ1n) is 11.3. The van der Waals surface area contributed by atoms with Gasteiger partial charge in [-0.2, -0.15) is 0 Å². The van der Waals surface area contributed by atoms with Gasteiger partial charge in [0.15, 0.2) is 6.21 Å². The normalized spacial score (nSPS) is 11.9. The lowest BCUT2D eigenvalue weighted by atomic mass is 10.1. The Morgan fingerprint density at radius 2 is 1.97 bits per heavy atom. The maximum atomic E-state index is 13.0. The lowest BCUT2D eigenvalue weighted by Crippen LogP contribution is -2.27. The summed E-state index contributed by atoms with van der Waals surface area (Å²) in [6.45, 7) is 7.73. The Hall–Kier alpha value is -3.92. The van der Waals surface area contributed by atoms with Crippen molar-refractivity contribution >= 4 is 50.7 Å². The second-order valence-corrected chi connectivity index (χ2v) is 10.2. The van der Waals surface area contributed by atoms with E-state index in [0.29, 0.717) is 36.2 Å². The van der Waals surface area contributed by atoms with Gasteiger partial charge in [-0.1, -0.05) is 17.3 Å². The first-order chi connectivity index (χ1) is 17.1. The van der Waals surface area contributed by atoms with Crippen molar-refractivity contribution in [3.63, 3.8) is 0 Å². The van der Waals surface area contributed by atoms with E-state index in [4.69, 9.17) is 19.4 Å². The van der Waals surface area contributed by atoms with E-state index in [1.807, 2.05) is 70.2 Å². The van der Waals surface area contributed by atoms with Crippen molar-refractivity contribution < 1.29 is 29.0 Å². The number of thiazole rings is 1. The summed E-state index contributed by atoms with van der Waals surface area (Å²) < 4.78 is 14.3. The average molecular weight is 510 g/mol. The molecular weight excluding hydrogens is 482 g/mol. The van der Waals surface area contributed by atoms with Gasteiger partial charge in [-0.3, -0.25) is 0 Å². The highest BCUT2D eigenvalue weighted by molar-refractivity contribution is 7.18. The van der Waals surface area contributed by atoms with E-state index < -0.39 is 17.7 Å². The summed E-state index contributed by atoms with van der Waals surface area (Å²) in [4.78, 5) is 33.3. The van der Waals surface area contributed by atoms with Crippen molar-refractivity contribution in [3.8, 4) is 5.75 Å². The number of carbonyl (C=O) groups excluding carboxylic acids is 1. The number of rotatable bonds is 8. The molecule has 0 fully saturated rings. The standard InChI is InChI=1S/C26H27N3O6S/c1-16-18(11-12-34-27-14-24(30)31)19-13-17(9-10-21(19)29(16)25(32)35-26(2,3)4)33-15-23-28-20-7-5-6-8-22(20)36-23/h5-10,13-14H,11-12,15H2,1-4H3,(H,30,31). The largest absolute Gasteiger partial charge is 0.486 e. The van der Waals surface area contributed by atoms with Crippen LogP contribution >= 0.6 is 11.3 Å². The van der Waals surface area contributed by atoms with E-state index in [0.717, 1.165) is 26.2 Å². The quantitative estimate of drug-likeness (QED) is 0.188. The van der Waals surface area contributed by atoms with Crippen LogP contribution in [0.15, 0.2) is 47.6 Å². The Morgan fingerprint density at radius 1 is 1.19 bits per heavy atom. The van der Waals surface area contributed by atoms with Gasteiger partial charge in [0, 0.05) is 17.5 Å². The summed E-state index contributed by atoms with van der Waals surface area (Å²) in [6.07, 6.45) is 0.602. The summed E-state index contributed by atoms with van der Waals surface area (Å²) in [5, 5.41) is 13.8. The van der Waals surface area contributed by atoms with Crippen LogP contribution in [-0.2, 0) is 27.4 Å². The van der Waals surface area contributed by atoms with Crippen LogP contribution in [0.5, 0.6) is 5.75 Å². The number of aliphatic carboxylic acids is 1. The van der Waals surface area contributed by atoms with E-state index in [1.54, 1.807) is 11.3 Å². The van der Waals surface area contributed by atoms with Crippen LogP contribution < -0.4 is 4.74 Å². The van der Waals surface area contributed by atoms with Gasteiger partial charge in [-0.15, -0.1) is 11.3 Å². The molecule has 0 aliphatic heterocycles. The molecule has 188 valence electrons. The fourth-order valence-electron chi connectivity index (χ4n) is 3.82. The third-order valence-electron chi connectivity index (χ3n) is 5.26.